The molecule has 100 valence electrons. The summed E-state index contributed by atoms with van der Waals surface area (Å²) in [5.41, 5.74) is 1.19. The molecule has 1 saturated heterocycles. The van der Waals surface area contributed by atoms with Crippen LogP contribution >= 0.6 is 15.9 Å². The molecule has 3 nitrogen and oxygen atoms in total. The van der Waals surface area contributed by atoms with Crippen LogP contribution < -0.4 is 9.64 Å². The number of rotatable bonds is 3. The van der Waals surface area contributed by atoms with E-state index in [0.717, 1.165) is 36.4 Å². The van der Waals surface area contributed by atoms with Crippen molar-refractivity contribution in [1.82, 2.24) is 4.90 Å². The molecule has 0 radical (unpaired) electrons. The van der Waals surface area contributed by atoms with Crippen molar-refractivity contribution in [3.05, 3.63) is 22.7 Å². The molecular weight excluding hydrogens is 292 g/mol. The Morgan fingerprint density at radius 3 is 2.39 bits per heavy atom. The van der Waals surface area contributed by atoms with Crippen molar-refractivity contribution in [2.45, 2.75) is 19.9 Å². The van der Waals surface area contributed by atoms with Crippen LogP contribution in [0.1, 0.15) is 13.8 Å². The zero-order chi connectivity index (χ0) is 13.1. The maximum absolute atomic E-state index is 5.50. The van der Waals surface area contributed by atoms with Crippen molar-refractivity contribution in [3.8, 4) is 5.75 Å². The van der Waals surface area contributed by atoms with Gasteiger partial charge in [0.25, 0.3) is 0 Å². The van der Waals surface area contributed by atoms with Gasteiger partial charge in [0.05, 0.1) is 17.3 Å². The van der Waals surface area contributed by atoms with Gasteiger partial charge < -0.3 is 9.64 Å². The number of methoxy groups -OCH3 is 1. The maximum atomic E-state index is 5.50. The molecule has 0 amide bonds. The fraction of sp³-hybridized carbons (Fsp3) is 0.571. The largest absolute Gasteiger partial charge is 0.493 e. The second-order valence-corrected chi connectivity index (χ2v) is 5.76. The van der Waals surface area contributed by atoms with Gasteiger partial charge in [0.15, 0.2) is 5.75 Å². The summed E-state index contributed by atoms with van der Waals surface area (Å²) in [5.74, 6) is 0.940. The molecule has 1 heterocycles. The second-order valence-electron chi connectivity index (χ2n) is 4.91. The van der Waals surface area contributed by atoms with Crippen LogP contribution in [0, 0.1) is 0 Å². The van der Waals surface area contributed by atoms with Crippen LogP contribution in [-0.2, 0) is 0 Å². The molecule has 4 heteroatoms. The Morgan fingerprint density at radius 2 is 1.83 bits per heavy atom. The van der Waals surface area contributed by atoms with E-state index in [1.54, 1.807) is 7.11 Å². The van der Waals surface area contributed by atoms with E-state index >= 15 is 0 Å². The number of piperazine rings is 1. The topological polar surface area (TPSA) is 15.7 Å². The number of benzene rings is 1. The number of hydrogen-bond acceptors (Lipinski definition) is 3. The summed E-state index contributed by atoms with van der Waals surface area (Å²) in [5, 5.41) is 0. The van der Waals surface area contributed by atoms with Crippen molar-refractivity contribution in [2.75, 3.05) is 38.2 Å². The van der Waals surface area contributed by atoms with Gasteiger partial charge in [0, 0.05) is 32.2 Å². The smallest absolute Gasteiger partial charge is 0.156 e. The zero-order valence-corrected chi connectivity index (χ0v) is 12.9. The lowest BCUT2D eigenvalue weighted by Gasteiger charge is -2.38. The van der Waals surface area contributed by atoms with Gasteiger partial charge in [-0.1, -0.05) is 6.07 Å². The van der Waals surface area contributed by atoms with E-state index in [-0.39, 0.29) is 0 Å². The van der Waals surface area contributed by atoms with Crippen LogP contribution in [0.25, 0.3) is 0 Å². The van der Waals surface area contributed by atoms with Gasteiger partial charge in [-0.05, 0) is 41.9 Å². The van der Waals surface area contributed by atoms with Crippen LogP contribution in [0.4, 0.5) is 5.69 Å². The Balaban J connectivity index is 2.12. The average molecular weight is 313 g/mol. The molecule has 0 aromatic heterocycles. The Labute approximate surface area is 118 Å². The fourth-order valence-corrected chi connectivity index (χ4v) is 2.95. The molecule has 0 unspecified atom stereocenters. The number of hydrogen-bond donors (Lipinski definition) is 0. The molecule has 1 aromatic rings. The van der Waals surface area contributed by atoms with Crippen molar-refractivity contribution in [1.29, 1.82) is 0 Å². The lowest BCUT2D eigenvalue weighted by molar-refractivity contribution is 0.209. The fourth-order valence-electron chi connectivity index (χ4n) is 2.43. The molecule has 0 aliphatic carbocycles. The number of halogens is 1. The van der Waals surface area contributed by atoms with Gasteiger partial charge in [-0.15, -0.1) is 0 Å². The normalized spacial score (nSPS) is 17.3. The third-order valence-electron chi connectivity index (χ3n) is 3.54. The van der Waals surface area contributed by atoms with Gasteiger partial charge in [-0.25, -0.2) is 0 Å². The number of para-hydroxylation sites is 1. The highest BCUT2D eigenvalue weighted by molar-refractivity contribution is 9.10. The number of ether oxygens (including phenoxy) is 1. The zero-order valence-electron chi connectivity index (χ0n) is 11.3. The highest BCUT2D eigenvalue weighted by Gasteiger charge is 2.21. The van der Waals surface area contributed by atoms with E-state index in [9.17, 15) is 0 Å². The Hall–Kier alpha value is -0.740. The van der Waals surface area contributed by atoms with Crippen LogP contribution in [0.3, 0.4) is 0 Å². The van der Waals surface area contributed by atoms with Crippen LogP contribution in [-0.4, -0.2) is 44.2 Å². The monoisotopic (exact) mass is 312 g/mol. The first kappa shape index (κ1) is 13.7. The predicted octanol–water partition coefficient (Wildman–Crippen LogP) is 2.99. The standard InChI is InChI=1S/C14H21BrN2O/c1-11(2)16-7-9-17(10-8-16)13-6-4-5-12(15)14(13)18-3/h4-6,11H,7-10H2,1-3H3. The average Bonchev–Trinajstić information content (AvgIpc) is 2.38. The highest BCUT2D eigenvalue weighted by Crippen LogP contribution is 2.35. The molecular formula is C14H21BrN2O. The van der Waals surface area contributed by atoms with Crippen molar-refractivity contribution in [2.24, 2.45) is 0 Å². The SMILES string of the molecule is COc1c(Br)cccc1N1CCN(C(C)C)CC1. The van der Waals surface area contributed by atoms with E-state index in [2.05, 4.69) is 51.7 Å². The summed E-state index contributed by atoms with van der Waals surface area (Å²) in [6.07, 6.45) is 0. The summed E-state index contributed by atoms with van der Waals surface area (Å²) < 4.78 is 6.52. The van der Waals surface area contributed by atoms with Crippen LogP contribution in [0.5, 0.6) is 5.75 Å². The van der Waals surface area contributed by atoms with Crippen molar-refractivity contribution >= 4 is 21.6 Å². The van der Waals surface area contributed by atoms with Gasteiger partial charge in [0.1, 0.15) is 0 Å². The molecule has 0 N–H and O–H groups in total. The van der Waals surface area contributed by atoms with E-state index in [4.69, 9.17) is 4.74 Å². The maximum Gasteiger partial charge on any atom is 0.156 e. The summed E-state index contributed by atoms with van der Waals surface area (Å²) >= 11 is 3.55. The number of anilines is 1. The van der Waals surface area contributed by atoms with E-state index < -0.39 is 0 Å². The molecule has 0 bridgehead atoms. The van der Waals surface area contributed by atoms with Gasteiger partial charge >= 0.3 is 0 Å². The minimum absolute atomic E-state index is 0.636. The van der Waals surface area contributed by atoms with Crippen molar-refractivity contribution in [3.63, 3.8) is 0 Å². The minimum Gasteiger partial charge on any atom is -0.493 e. The molecule has 18 heavy (non-hydrogen) atoms. The predicted molar refractivity (Wildman–Crippen MR) is 79.6 cm³/mol. The summed E-state index contributed by atoms with van der Waals surface area (Å²) in [6.45, 7) is 8.88. The first-order valence-electron chi connectivity index (χ1n) is 6.45. The third-order valence-corrected chi connectivity index (χ3v) is 4.16. The molecule has 0 atom stereocenters. The molecule has 2 rings (SSSR count). The summed E-state index contributed by atoms with van der Waals surface area (Å²) in [6, 6.07) is 6.86. The Morgan fingerprint density at radius 1 is 1.17 bits per heavy atom. The van der Waals surface area contributed by atoms with E-state index in [1.807, 2.05) is 6.07 Å². The highest BCUT2D eigenvalue weighted by atomic mass is 79.9. The molecule has 0 spiro atoms. The lowest BCUT2D eigenvalue weighted by atomic mass is 10.2. The third kappa shape index (κ3) is 2.81. The van der Waals surface area contributed by atoms with Crippen LogP contribution in [0.2, 0.25) is 0 Å². The Kier molecular flexibility index (Phi) is 4.51. The molecule has 1 aliphatic rings. The number of nitrogens with zero attached hydrogens (tertiary/aromatic N) is 2. The van der Waals surface area contributed by atoms with Crippen molar-refractivity contribution < 1.29 is 4.74 Å². The summed E-state index contributed by atoms with van der Waals surface area (Å²) in [4.78, 5) is 4.92. The van der Waals surface area contributed by atoms with Gasteiger partial charge in [0.2, 0.25) is 0 Å². The van der Waals surface area contributed by atoms with E-state index in [0.29, 0.717) is 6.04 Å². The second kappa shape index (κ2) is 5.93. The van der Waals surface area contributed by atoms with Gasteiger partial charge in [-0.2, -0.15) is 0 Å². The van der Waals surface area contributed by atoms with E-state index in [1.165, 1.54) is 5.69 Å². The minimum atomic E-state index is 0.636. The molecule has 0 saturated carbocycles. The Bertz CT molecular complexity index is 401. The summed E-state index contributed by atoms with van der Waals surface area (Å²) in [7, 11) is 1.73. The molecule has 1 aliphatic heterocycles. The first-order valence-corrected chi connectivity index (χ1v) is 7.24. The quantitative estimate of drug-likeness (QED) is 0.853. The first-order chi connectivity index (χ1) is 8.63. The van der Waals surface area contributed by atoms with Gasteiger partial charge in [-0.3, -0.25) is 4.90 Å². The molecule has 1 fully saturated rings. The van der Waals surface area contributed by atoms with Crippen LogP contribution in [0.15, 0.2) is 22.7 Å². The molecule has 1 aromatic carbocycles. The lowest BCUT2D eigenvalue weighted by Crippen LogP contribution is -2.49.